The highest BCUT2D eigenvalue weighted by atomic mass is 32.2. The number of rotatable bonds is 8. The van der Waals surface area contributed by atoms with Gasteiger partial charge < -0.3 is 10.1 Å². The number of nitrogens with one attached hydrogen (secondary N) is 1. The summed E-state index contributed by atoms with van der Waals surface area (Å²) >= 11 is 1.69. The third kappa shape index (κ3) is 4.46. The van der Waals surface area contributed by atoms with Crippen LogP contribution in [0.15, 0.2) is 5.16 Å². The second-order valence-corrected chi connectivity index (χ2v) is 4.90. The molecule has 0 aliphatic carbocycles. The minimum Gasteiger partial charge on any atom is -0.385 e. The van der Waals surface area contributed by atoms with Gasteiger partial charge in [0.25, 0.3) is 0 Å². The van der Waals surface area contributed by atoms with E-state index in [0.29, 0.717) is 5.25 Å². The van der Waals surface area contributed by atoms with Gasteiger partial charge in [-0.25, -0.2) is 4.68 Å². The van der Waals surface area contributed by atoms with Gasteiger partial charge >= 0.3 is 0 Å². The Labute approximate surface area is 100 Å². The van der Waals surface area contributed by atoms with E-state index in [1.54, 1.807) is 18.9 Å². The smallest absolute Gasteiger partial charge is 0.209 e. The summed E-state index contributed by atoms with van der Waals surface area (Å²) in [7, 11) is 3.63. The molecule has 0 fully saturated rings. The Morgan fingerprint density at radius 3 is 3.06 bits per heavy atom. The fourth-order valence-corrected chi connectivity index (χ4v) is 2.07. The van der Waals surface area contributed by atoms with Crippen LogP contribution in [0.25, 0.3) is 0 Å². The standard InChI is InChI=1S/C9H19N5OS/c1-8(4-7-15-3)16-9-11-12-13-14(9)6-5-10-2/h8,10H,4-7H2,1-3H3. The summed E-state index contributed by atoms with van der Waals surface area (Å²) in [6.45, 7) is 4.58. The minimum atomic E-state index is 0.458. The lowest BCUT2D eigenvalue weighted by molar-refractivity contribution is 0.195. The first-order valence-electron chi connectivity index (χ1n) is 5.34. The van der Waals surface area contributed by atoms with Crippen molar-refractivity contribution in [2.45, 2.75) is 30.3 Å². The first-order valence-corrected chi connectivity index (χ1v) is 6.22. The topological polar surface area (TPSA) is 64.9 Å². The van der Waals surface area contributed by atoms with Gasteiger partial charge in [0.1, 0.15) is 0 Å². The average molecular weight is 245 g/mol. The third-order valence-corrected chi connectivity index (χ3v) is 3.25. The van der Waals surface area contributed by atoms with Crippen molar-refractivity contribution >= 4 is 11.8 Å². The molecule has 1 rings (SSSR count). The van der Waals surface area contributed by atoms with Crippen LogP contribution < -0.4 is 5.32 Å². The van der Waals surface area contributed by atoms with E-state index in [1.165, 1.54) is 0 Å². The number of hydrogen-bond acceptors (Lipinski definition) is 6. The molecule has 6 nitrogen and oxygen atoms in total. The van der Waals surface area contributed by atoms with Crippen LogP contribution in [0.3, 0.4) is 0 Å². The zero-order valence-corrected chi connectivity index (χ0v) is 10.8. The second-order valence-electron chi connectivity index (χ2n) is 3.50. The molecule has 0 saturated heterocycles. The number of hydrogen-bond donors (Lipinski definition) is 1. The van der Waals surface area contributed by atoms with E-state index in [9.17, 15) is 0 Å². The van der Waals surface area contributed by atoms with Crippen molar-refractivity contribution in [3.05, 3.63) is 0 Å². The summed E-state index contributed by atoms with van der Waals surface area (Å²) in [6.07, 6.45) is 1.00. The fourth-order valence-electron chi connectivity index (χ4n) is 1.16. The SMILES string of the molecule is CNCCn1nnnc1SC(C)CCOC. The van der Waals surface area contributed by atoms with Crippen molar-refractivity contribution in [3.8, 4) is 0 Å². The molecule has 0 spiro atoms. The maximum absolute atomic E-state index is 5.05. The van der Waals surface area contributed by atoms with E-state index in [1.807, 2.05) is 11.7 Å². The van der Waals surface area contributed by atoms with E-state index in [4.69, 9.17) is 4.74 Å². The van der Waals surface area contributed by atoms with Gasteiger partial charge in [-0.15, -0.1) is 5.10 Å². The van der Waals surface area contributed by atoms with Crippen LogP contribution in [0.4, 0.5) is 0 Å². The number of likely N-dealkylation sites (N-methyl/N-ethyl adjacent to an activating group) is 1. The number of aromatic nitrogens is 4. The first kappa shape index (κ1) is 13.4. The highest BCUT2D eigenvalue weighted by Crippen LogP contribution is 2.21. The third-order valence-electron chi connectivity index (χ3n) is 2.11. The van der Waals surface area contributed by atoms with Crippen molar-refractivity contribution in [3.63, 3.8) is 0 Å². The molecule has 0 aliphatic heterocycles. The Balaban J connectivity index is 2.42. The second kappa shape index (κ2) is 7.59. The molecular formula is C9H19N5OS. The van der Waals surface area contributed by atoms with Crippen molar-refractivity contribution in [2.24, 2.45) is 0 Å². The fraction of sp³-hybridized carbons (Fsp3) is 0.889. The predicted molar refractivity (Wildman–Crippen MR) is 63.6 cm³/mol. The summed E-state index contributed by atoms with van der Waals surface area (Å²) in [5, 5.41) is 16.1. The van der Waals surface area contributed by atoms with Gasteiger partial charge in [-0.3, -0.25) is 0 Å². The lowest BCUT2D eigenvalue weighted by atomic mass is 10.3. The minimum absolute atomic E-state index is 0.458. The van der Waals surface area contributed by atoms with Crippen LogP contribution in [0.5, 0.6) is 0 Å². The van der Waals surface area contributed by atoms with Gasteiger partial charge in [0.2, 0.25) is 5.16 Å². The van der Waals surface area contributed by atoms with Gasteiger partial charge in [-0.2, -0.15) is 0 Å². The van der Waals surface area contributed by atoms with Crippen molar-refractivity contribution in [1.82, 2.24) is 25.5 Å². The average Bonchev–Trinajstić information content (AvgIpc) is 2.71. The maximum Gasteiger partial charge on any atom is 0.209 e. The molecule has 0 aromatic carbocycles. The molecule has 1 unspecified atom stereocenters. The van der Waals surface area contributed by atoms with Crippen LogP contribution in [-0.2, 0) is 11.3 Å². The van der Waals surface area contributed by atoms with E-state index in [0.717, 1.165) is 31.3 Å². The number of ether oxygens (including phenoxy) is 1. The Morgan fingerprint density at radius 1 is 1.56 bits per heavy atom. The zero-order chi connectivity index (χ0) is 11.8. The largest absolute Gasteiger partial charge is 0.385 e. The van der Waals surface area contributed by atoms with Crippen LogP contribution in [0, 0.1) is 0 Å². The zero-order valence-electron chi connectivity index (χ0n) is 10.0. The van der Waals surface area contributed by atoms with E-state index >= 15 is 0 Å². The lowest BCUT2D eigenvalue weighted by Gasteiger charge is -2.09. The van der Waals surface area contributed by atoms with Crippen molar-refractivity contribution in [2.75, 3.05) is 27.3 Å². The number of nitrogens with zero attached hydrogens (tertiary/aromatic N) is 4. The van der Waals surface area contributed by atoms with E-state index in [-0.39, 0.29) is 0 Å². The lowest BCUT2D eigenvalue weighted by Crippen LogP contribution is -2.17. The molecular weight excluding hydrogens is 226 g/mol. The van der Waals surface area contributed by atoms with Gasteiger partial charge in [0.15, 0.2) is 0 Å². The van der Waals surface area contributed by atoms with E-state index < -0.39 is 0 Å². The highest BCUT2D eigenvalue weighted by molar-refractivity contribution is 7.99. The number of thioether (sulfide) groups is 1. The molecule has 1 heterocycles. The van der Waals surface area contributed by atoms with Crippen molar-refractivity contribution in [1.29, 1.82) is 0 Å². The molecule has 0 bridgehead atoms. The molecule has 92 valence electrons. The summed E-state index contributed by atoms with van der Waals surface area (Å²) in [6, 6.07) is 0. The quantitative estimate of drug-likeness (QED) is 0.669. The Bertz CT molecular complexity index is 293. The Kier molecular flexibility index (Phi) is 6.36. The molecule has 1 aromatic rings. The van der Waals surface area contributed by atoms with Crippen molar-refractivity contribution < 1.29 is 4.74 Å². The molecule has 1 aromatic heterocycles. The first-order chi connectivity index (χ1) is 7.77. The Hall–Kier alpha value is -0.660. The van der Waals surface area contributed by atoms with Gasteiger partial charge in [-0.1, -0.05) is 18.7 Å². The normalized spacial score (nSPS) is 12.9. The number of tetrazole rings is 1. The van der Waals surface area contributed by atoms with Crippen LogP contribution >= 0.6 is 11.8 Å². The summed E-state index contributed by atoms with van der Waals surface area (Å²) in [4.78, 5) is 0. The molecule has 16 heavy (non-hydrogen) atoms. The molecule has 7 heteroatoms. The Morgan fingerprint density at radius 2 is 2.38 bits per heavy atom. The van der Waals surface area contributed by atoms with Crippen LogP contribution in [-0.4, -0.2) is 52.8 Å². The molecule has 0 saturated carbocycles. The highest BCUT2D eigenvalue weighted by Gasteiger charge is 2.11. The molecule has 1 atom stereocenters. The van der Waals surface area contributed by atoms with Gasteiger partial charge in [-0.05, 0) is 23.9 Å². The molecule has 0 amide bonds. The van der Waals surface area contributed by atoms with Gasteiger partial charge in [0.05, 0.1) is 6.54 Å². The van der Waals surface area contributed by atoms with Gasteiger partial charge in [0, 0.05) is 25.5 Å². The van der Waals surface area contributed by atoms with Crippen LogP contribution in [0.1, 0.15) is 13.3 Å². The maximum atomic E-state index is 5.05. The van der Waals surface area contributed by atoms with E-state index in [2.05, 4.69) is 27.8 Å². The monoisotopic (exact) mass is 245 g/mol. The summed E-state index contributed by atoms with van der Waals surface area (Å²) < 4.78 is 6.87. The number of methoxy groups -OCH3 is 1. The molecule has 1 N–H and O–H groups in total. The molecule has 0 aliphatic rings. The predicted octanol–water partition coefficient (Wildman–Crippen LogP) is 0.410. The molecule has 0 radical (unpaired) electrons. The van der Waals surface area contributed by atoms with Crippen LogP contribution in [0.2, 0.25) is 0 Å². The summed E-state index contributed by atoms with van der Waals surface area (Å²) in [5.41, 5.74) is 0. The summed E-state index contributed by atoms with van der Waals surface area (Å²) in [5.74, 6) is 0.